The van der Waals surface area contributed by atoms with Gasteiger partial charge in [-0.25, -0.2) is 4.79 Å². The first-order chi connectivity index (χ1) is 29.7. The Morgan fingerprint density at radius 2 is 1.15 bits per heavy atom. The Morgan fingerprint density at radius 3 is 1.62 bits per heavy atom. The molecule has 0 aliphatic carbocycles. The van der Waals surface area contributed by atoms with Crippen LogP contribution in [0, 0.1) is 5.41 Å². The second-order valence-electron chi connectivity index (χ2n) is 15.3. The first-order valence-electron chi connectivity index (χ1n) is 20.1. The zero-order valence-corrected chi connectivity index (χ0v) is 33.8. The number of rotatable bonds is 15. The number of nitrogens with zero attached hydrogens (tertiary/aromatic N) is 2. The van der Waals surface area contributed by atoms with Crippen LogP contribution < -0.4 is 5.32 Å². The van der Waals surface area contributed by atoms with Gasteiger partial charge in [0.05, 0.1) is 17.7 Å². The van der Waals surface area contributed by atoms with Crippen LogP contribution in [-0.4, -0.2) is 86.8 Å². The number of ether oxygens (including phenoxy) is 2. The van der Waals surface area contributed by atoms with Gasteiger partial charge in [0.15, 0.2) is 12.2 Å². The highest BCUT2D eigenvalue weighted by atomic mass is 32.2. The molecule has 5 aromatic rings. The predicted molar refractivity (Wildman–Crippen MR) is 226 cm³/mol. The van der Waals surface area contributed by atoms with Crippen LogP contribution in [0.25, 0.3) is 0 Å². The minimum atomic E-state index is -1.39. The predicted octanol–water partition coefficient (Wildman–Crippen LogP) is 5.87. The fourth-order valence-electron chi connectivity index (χ4n) is 8.05. The summed E-state index contributed by atoms with van der Waals surface area (Å²) >= 11 is 1.28. The van der Waals surface area contributed by atoms with Crippen molar-refractivity contribution in [2.24, 2.45) is 5.41 Å². The molecule has 3 unspecified atom stereocenters. The fraction of sp³-hybridized carbons (Fsp3) is 0.250. The Kier molecular flexibility index (Phi) is 12.1. The number of carbonyl (C=O) groups excluding carboxylic acids is 6. The Labute approximate surface area is 356 Å². The third kappa shape index (κ3) is 8.31. The monoisotopic (exact) mass is 837 g/mol. The van der Waals surface area contributed by atoms with Crippen LogP contribution in [0.15, 0.2) is 146 Å². The van der Waals surface area contributed by atoms with Crippen molar-refractivity contribution in [3.8, 4) is 0 Å². The van der Waals surface area contributed by atoms with E-state index in [1.54, 1.807) is 12.1 Å². The topological polar surface area (TPSA) is 160 Å². The molecule has 310 valence electrons. The Balaban J connectivity index is 0.920. The average molecular weight is 838 g/mol. The molecule has 0 bridgehead atoms. The Hall–Kier alpha value is -6.57. The van der Waals surface area contributed by atoms with Crippen LogP contribution >= 0.6 is 11.8 Å². The number of hydrogen-bond acceptors (Lipinski definition) is 10. The molecule has 4 amide bonds. The highest BCUT2D eigenvalue weighted by Crippen LogP contribution is 2.44. The van der Waals surface area contributed by atoms with Crippen LogP contribution in [0.1, 0.15) is 74.4 Å². The summed E-state index contributed by atoms with van der Waals surface area (Å²) in [5, 5.41) is 12.9. The van der Waals surface area contributed by atoms with E-state index in [1.165, 1.54) is 28.8 Å². The molecule has 8 rings (SSSR count). The number of imide groups is 1. The summed E-state index contributed by atoms with van der Waals surface area (Å²) in [6, 6.07) is 41.0. The molecule has 4 atom stereocenters. The standard InChI is InChI=1S/C48H43N3O9S/c52-29-48(47(58)60-41(33-20-9-3-10-21-33)34-22-11-4-12-23-34)28-50-44(56)39(45(50)61-30-48)49-38(53)27-15-26-37(51-42(54)35-24-13-14-25-36(35)43(51)55)46(57)59-40(31-16-5-1-6-17-31)32-18-7-2-8-19-32/h1-14,16-25,37,39-41,45,52H,15,26-30H2,(H,49,53)/t37?,39?,45-,48?/m1/s1. The summed E-state index contributed by atoms with van der Waals surface area (Å²) in [4.78, 5) is 84.7. The van der Waals surface area contributed by atoms with Crippen molar-refractivity contribution >= 4 is 47.3 Å². The zero-order chi connectivity index (χ0) is 42.5. The lowest BCUT2D eigenvalue weighted by atomic mass is 9.87. The van der Waals surface area contributed by atoms with Gasteiger partial charge in [-0.05, 0) is 47.2 Å². The lowest BCUT2D eigenvalue weighted by molar-refractivity contribution is -0.168. The normalized spacial score (nSPS) is 19.8. The number of aliphatic hydroxyl groups is 1. The maximum Gasteiger partial charge on any atom is 0.330 e. The number of fused-ring (bicyclic) bond motifs is 2. The van der Waals surface area contributed by atoms with Crippen molar-refractivity contribution < 1.29 is 43.3 Å². The maximum atomic E-state index is 14.2. The van der Waals surface area contributed by atoms with E-state index >= 15 is 0 Å². The summed E-state index contributed by atoms with van der Waals surface area (Å²) in [6.07, 6.45) is -1.69. The highest BCUT2D eigenvalue weighted by molar-refractivity contribution is 8.00. The Bertz CT molecular complexity index is 2310. The van der Waals surface area contributed by atoms with Crippen molar-refractivity contribution in [1.82, 2.24) is 15.1 Å². The third-order valence-electron chi connectivity index (χ3n) is 11.4. The van der Waals surface area contributed by atoms with Crippen molar-refractivity contribution in [3.63, 3.8) is 0 Å². The smallest absolute Gasteiger partial charge is 0.330 e. The number of thioether (sulfide) groups is 1. The lowest BCUT2D eigenvalue weighted by Crippen LogP contribution is -2.74. The summed E-state index contributed by atoms with van der Waals surface area (Å²) in [6.45, 7) is -0.630. The first kappa shape index (κ1) is 41.2. The van der Waals surface area contributed by atoms with E-state index in [2.05, 4.69) is 5.32 Å². The molecule has 2 fully saturated rings. The van der Waals surface area contributed by atoms with Gasteiger partial charge >= 0.3 is 11.9 Å². The van der Waals surface area contributed by atoms with Gasteiger partial charge in [-0.2, -0.15) is 0 Å². The number of esters is 2. The van der Waals surface area contributed by atoms with Crippen molar-refractivity contribution in [1.29, 1.82) is 0 Å². The molecule has 12 nitrogen and oxygen atoms in total. The van der Waals surface area contributed by atoms with Gasteiger partial charge in [0.1, 0.15) is 22.9 Å². The van der Waals surface area contributed by atoms with E-state index in [9.17, 15) is 33.9 Å². The molecule has 0 spiro atoms. The summed E-state index contributed by atoms with van der Waals surface area (Å²) in [5.74, 6) is -3.42. The number of β-lactam (4-membered cyclic amide) rings is 1. The molecule has 61 heavy (non-hydrogen) atoms. The van der Waals surface area contributed by atoms with E-state index in [0.717, 1.165) is 16.0 Å². The second-order valence-corrected chi connectivity index (χ2v) is 16.4. The molecule has 3 aliphatic rings. The number of aliphatic hydroxyl groups excluding tert-OH is 1. The zero-order valence-electron chi connectivity index (χ0n) is 33.0. The molecule has 13 heteroatoms. The van der Waals surface area contributed by atoms with Crippen LogP contribution in [0.2, 0.25) is 0 Å². The number of hydrogen-bond donors (Lipinski definition) is 2. The van der Waals surface area contributed by atoms with E-state index in [4.69, 9.17) is 9.47 Å². The van der Waals surface area contributed by atoms with Crippen LogP contribution in [0.4, 0.5) is 0 Å². The van der Waals surface area contributed by atoms with Gasteiger partial charge in [0.2, 0.25) is 11.8 Å². The molecule has 3 aliphatic heterocycles. The molecule has 0 aromatic heterocycles. The molecule has 5 aromatic carbocycles. The first-order valence-corrected chi connectivity index (χ1v) is 21.1. The second kappa shape index (κ2) is 18.0. The Morgan fingerprint density at radius 1 is 0.689 bits per heavy atom. The maximum absolute atomic E-state index is 14.2. The molecule has 0 radical (unpaired) electrons. The van der Waals surface area contributed by atoms with E-state index in [-0.39, 0.29) is 42.7 Å². The SMILES string of the molecule is O=C(CCCC(C(=O)OC(c1ccccc1)c1ccccc1)N1C(=O)c2ccccc2C1=O)NC1C(=O)N2CC(CO)(C(=O)OC(c3ccccc3)c3ccccc3)CS[C@H]12. The van der Waals surface area contributed by atoms with Gasteiger partial charge in [0.25, 0.3) is 11.8 Å². The summed E-state index contributed by atoms with van der Waals surface area (Å²) in [7, 11) is 0. The fourth-order valence-corrected chi connectivity index (χ4v) is 9.58. The number of nitrogens with one attached hydrogen (secondary N) is 1. The van der Waals surface area contributed by atoms with Gasteiger partial charge in [-0.15, -0.1) is 11.8 Å². The van der Waals surface area contributed by atoms with Crippen LogP contribution in [-0.2, 0) is 28.7 Å². The number of benzene rings is 5. The average Bonchev–Trinajstić information content (AvgIpc) is 3.56. The molecule has 3 heterocycles. The molecular formula is C48H43N3O9S. The van der Waals surface area contributed by atoms with Gasteiger partial charge in [0, 0.05) is 18.7 Å². The minimum absolute atomic E-state index is 0.0756. The third-order valence-corrected chi connectivity index (χ3v) is 12.9. The molecular weight excluding hydrogens is 795 g/mol. The molecule has 0 saturated carbocycles. The van der Waals surface area contributed by atoms with Crippen molar-refractivity contribution in [2.75, 3.05) is 18.9 Å². The van der Waals surface area contributed by atoms with Crippen LogP contribution in [0.3, 0.4) is 0 Å². The van der Waals surface area contributed by atoms with Crippen molar-refractivity contribution in [3.05, 3.63) is 179 Å². The number of amides is 4. The molecule has 2 saturated heterocycles. The van der Waals surface area contributed by atoms with E-state index in [0.29, 0.717) is 11.1 Å². The summed E-state index contributed by atoms with van der Waals surface area (Å²) in [5.41, 5.74) is 1.87. The van der Waals surface area contributed by atoms with Gasteiger partial charge in [-0.1, -0.05) is 133 Å². The van der Waals surface area contributed by atoms with E-state index in [1.807, 2.05) is 121 Å². The van der Waals surface area contributed by atoms with Gasteiger partial charge < -0.3 is 24.8 Å². The van der Waals surface area contributed by atoms with Crippen molar-refractivity contribution in [2.45, 2.75) is 48.9 Å². The van der Waals surface area contributed by atoms with E-state index < -0.39 is 77.3 Å². The lowest BCUT2D eigenvalue weighted by Gasteiger charge is -2.53. The highest BCUT2D eigenvalue weighted by Gasteiger charge is 2.58. The summed E-state index contributed by atoms with van der Waals surface area (Å²) < 4.78 is 12.2. The van der Waals surface area contributed by atoms with Crippen LogP contribution in [0.5, 0.6) is 0 Å². The quantitative estimate of drug-likeness (QED) is 0.0743. The minimum Gasteiger partial charge on any atom is -0.452 e. The molecule has 2 N–H and O–H groups in total. The largest absolute Gasteiger partial charge is 0.452 e. The van der Waals surface area contributed by atoms with Gasteiger partial charge in [-0.3, -0.25) is 28.9 Å². The number of carbonyl (C=O) groups is 6.